The normalized spacial score (nSPS) is 13.3. The first kappa shape index (κ1) is 20.3. The predicted octanol–water partition coefficient (Wildman–Crippen LogP) is 4.38. The van der Waals surface area contributed by atoms with Gasteiger partial charge in [0.15, 0.2) is 0 Å². The number of allylic oxidation sites excluding steroid dienone is 1. The Morgan fingerprint density at radius 3 is 2.70 bits per heavy atom. The lowest BCUT2D eigenvalue weighted by molar-refractivity contribution is -0.136. The predicted molar refractivity (Wildman–Crippen MR) is 102 cm³/mol. The number of carbonyl (C=O) groups is 1. The van der Waals surface area contributed by atoms with E-state index < -0.39 is 17.8 Å². The van der Waals surface area contributed by atoms with Gasteiger partial charge in [-0.05, 0) is 37.6 Å². The molecule has 2 rings (SSSR count). The summed E-state index contributed by atoms with van der Waals surface area (Å²) in [6.07, 6.45) is 4.71. The average Bonchev–Trinajstić information content (AvgIpc) is 2.68. The number of pyridine rings is 1. The highest BCUT2D eigenvalue weighted by atomic mass is 19.1. The van der Waals surface area contributed by atoms with Gasteiger partial charge in [-0.2, -0.15) is 0 Å². The highest BCUT2D eigenvalue weighted by Crippen LogP contribution is 2.34. The Labute approximate surface area is 158 Å². The van der Waals surface area contributed by atoms with Crippen molar-refractivity contribution >= 4 is 11.7 Å². The molecule has 27 heavy (non-hydrogen) atoms. The lowest BCUT2D eigenvalue weighted by Crippen LogP contribution is -2.15. The van der Waals surface area contributed by atoms with Crippen molar-refractivity contribution in [2.75, 3.05) is 7.11 Å². The molecule has 0 saturated heterocycles. The summed E-state index contributed by atoms with van der Waals surface area (Å²) in [5, 5.41) is 10.3. The Kier molecular flexibility index (Phi) is 7.23. The van der Waals surface area contributed by atoms with Crippen molar-refractivity contribution in [1.29, 1.82) is 0 Å². The Morgan fingerprint density at radius 1 is 1.37 bits per heavy atom. The van der Waals surface area contributed by atoms with Crippen LogP contribution in [0.1, 0.15) is 44.0 Å². The van der Waals surface area contributed by atoms with Gasteiger partial charge in [0.2, 0.25) is 0 Å². The summed E-state index contributed by atoms with van der Waals surface area (Å²) in [5.41, 5.74) is 1.95. The Hall–Kier alpha value is -3.02. The molecule has 6 heteroatoms. The molecule has 1 heterocycles. The van der Waals surface area contributed by atoms with E-state index >= 15 is 0 Å². The molecule has 0 spiro atoms. The monoisotopic (exact) mass is 370 g/mol. The molecule has 1 N–H and O–H groups in total. The molecule has 0 aliphatic rings. The van der Waals surface area contributed by atoms with Gasteiger partial charge in [0.25, 0.3) is 0 Å². The fourth-order valence-corrected chi connectivity index (χ4v) is 2.74. The first-order valence-electron chi connectivity index (χ1n) is 8.72. The van der Waals surface area contributed by atoms with Gasteiger partial charge in [0.1, 0.15) is 17.6 Å². The molecule has 0 amide bonds. The maximum atomic E-state index is 13.5. The van der Waals surface area contributed by atoms with Crippen LogP contribution < -0.4 is 0 Å². The van der Waals surface area contributed by atoms with Gasteiger partial charge in [-0.1, -0.05) is 25.5 Å². The second-order valence-corrected chi connectivity index (χ2v) is 5.88. The molecule has 0 saturated carbocycles. The number of rotatable bonds is 7. The number of hydrogen-bond acceptors (Lipinski definition) is 5. The molecule has 5 nitrogen and oxygen atoms in total. The van der Waals surface area contributed by atoms with Gasteiger partial charge in [-0.3, -0.25) is 9.98 Å². The molecule has 0 aliphatic carbocycles. The van der Waals surface area contributed by atoms with E-state index in [-0.39, 0.29) is 11.3 Å². The Balaban J connectivity index is 2.65. The molecule has 1 unspecified atom stereocenters. The summed E-state index contributed by atoms with van der Waals surface area (Å²) in [6.45, 7) is 3.70. The maximum Gasteiger partial charge on any atom is 0.335 e. The Morgan fingerprint density at radius 2 is 2.15 bits per heavy atom. The van der Waals surface area contributed by atoms with Crippen LogP contribution in [0.15, 0.2) is 59.2 Å². The SMILES string of the molecule is C/C=C(/C(=O)OC)C(N=C(CCC)c1ccccn1)c1ccc(F)cc1O. The van der Waals surface area contributed by atoms with E-state index in [1.54, 1.807) is 19.2 Å². The zero-order valence-corrected chi connectivity index (χ0v) is 15.6. The molecule has 2 aromatic rings. The van der Waals surface area contributed by atoms with E-state index in [4.69, 9.17) is 9.73 Å². The van der Waals surface area contributed by atoms with Gasteiger partial charge in [-0.15, -0.1) is 0 Å². The van der Waals surface area contributed by atoms with Crippen molar-refractivity contribution in [3.63, 3.8) is 0 Å². The van der Waals surface area contributed by atoms with E-state index in [0.29, 0.717) is 23.4 Å². The number of aliphatic imine (C=N–C) groups is 1. The largest absolute Gasteiger partial charge is 0.507 e. The molecule has 0 aliphatic heterocycles. The summed E-state index contributed by atoms with van der Waals surface area (Å²) < 4.78 is 18.3. The highest BCUT2D eigenvalue weighted by molar-refractivity contribution is 6.00. The van der Waals surface area contributed by atoms with E-state index in [9.17, 15) is 14.3 Å². The molecular weight excluding hydrogens is 347 g/mol. The van der Waals surface area contributed by atoms with Gasteiger partial charge in [-0.25, -0.2) is 9.18 Å². The molecular formula is C21H23FN2O3. The van der Waals surface area contributed by atoms with Gasteiger partial charge < -0.3 is 9.84 Å². The third-order valence-electron chi connectivity index (χ3n) is 4.05. The summed E-state index contributed by atoms with van der Waals surface area (Å²) >= 11 is 0. The first-order chi connectivity index (χ1) is 13.0. The zero-order chi connectivity index (χ0) is 19.8. The molecule has 0 radical (unpaired) electrons. The van der Waals surface area contributed by atoms with Gasteiger partial charge in [0.05, 0.1) is 24.1 Å². The van der Waals surface area contributed by atoms with Crippen LogP contribution in [0.5, 0.6) is 5.75 Å². The van der Waals surface area contributed by atoms with Crippen LogP contribution in [0.25, 0.3) is 0 Å². The minimum atomic E-state index is -0.841. The smallest absolute Gasteiger partial charge is 0.335 e. The summed E-state index contributed by atoms with van der Waals surface area (Å²) in [4.78, 5) is 21.4. The van der Waals surface area contributed by atoms with E-state index in [1.807, 2.05) is 25.1 Å². The van der Waals surface area contributed by atoms with Gasteiger partial charge >= 0.3 is 5.97 Å². The number of nitrogens with zero attached hydrogens (tertiary/aromatic N) is 2. The molecule has 142 valence electrons. The Bertz CT molecular complexity index is 848. The first-order valence-corrected chi connectivity index (χ1v) is 8.72. The van der Waals surface area contributed by atoms with Crippen molar-refractivity contribution in [2.45, 2.75) is 32.7 Å². The zero-order valence-electron chi connectivity index (χ0n) is 15.6. The lowest BCUT2D eigenvalue weighted by Gasteiger charge is -2.19. The number of ether oxygens (including phenoxy) is 1. The van der Waals surface area contributed by atoms with Gasteiger partial charge in [0, 0.05) is 17.8 Å². The third kappa shape index (κ3) is 5.00. The van der Waals surface area contributed by atoms with E-state index in [1.165, 1.54) is 19.2 Å². The molecule has 0 fully saturated rings. The minimum Gasteiger partial charge on any atom is -0.507 e. The second kappa shape index (κ2) is 9.62. The highest BCUT2D eigenvalue weighted by Gasteiger charge is 2.26. The number of aromatic hydroxyl groups is 1. The van der Waals surface area contributed by atoms with Crippen LogP contribution in [-0.2, 0) is 9.53 Å². The quantitative estimate of drug-likeness (QED) is 0.446. The number of phenolic OH excluding ortho intramolecular Hbond substituents is 1. The average molecular weight is 370 g/mol. The summed E-state index contributed by atoms with van der Waals surface area (Å²) in [6, 6.07) is 8.31. The topological polar surface area (TPSA) is 71.8 Å². The van der Waals surface area contributed by atoms with Crippen LogP contribution in [0.4, 0.5) is 4.39 Å². The number of halogens is 1. The van der Waals surface area contributed by atoms with Crippen LogP contribution in [0.2, 0.25) is 0 Å². The van der Waals surface area contributed by atoms with Crippen molar-refractivity contribution in [1.82, 2.24) is 4.98 Å². The van der Waals surface area contributed by atoms with Crippen molar-refractivity contribution in [2.24, 2.45) is 4.99 Å². The molecule has 1 aromatic heterocycles. The van der Waals surface area contributed by atoms with Crippen molar-refractivity contribution in [3.05, 3.63) is 71.3 Å². The maximum absolute atomic E-state index is 13.5. The van der Waals surface area contributed by atoms with E-state index in [2.05, 4.69) is 4.98 Å². The third-order valence-corrected chi connectivity index (χ3v) is 4.05. The number of methoxy groups -OCH3 is 1. The fraction of sp³-hybridized carbons (Fsp3) is 0.286. The number of aromatic nitrogens is 1. The second-order valence-electron chi connectivity index (χ2n) is 5.88. The van der Waals surface area contributed by atoms with Crippen LogP contribution >= 0.6 is 0 Å². The van der Waals surface area contributed by atoms with Crippen LogP contribution in [-0.4, -0.2) is 28.9 Å². The number of benzene rings is 1. The van der Waals surface area contributed by atoms with Crippen molar-refractivity contribution in [3.8, 4) is 5.75 Å². The number of phenols is 1. The summed E-state index contributed by atoms with van der Waals surface area (Å²) in [5.74, 6) is -1.41. The standard InChI is InChI=1S/C21H23FN2O3/c1-4-8-18(17-9-6-7-12-23-17)24-20(15(5-2)21(26)27-3)16-11-10-14(22)13-19(16)25/h5-7,9-13,20,25H,4,8H2,1-3H3/b15-5+,24-18?. The van der Waals surface area contributed by atoms with Crippen LogP contribution in [0, 0.1) is 5.82 Å². The number of esters is 1. The molecule has 0 bridgehead atoms. The number of hydrogen-bond donors (Lipinski definition) is 1. The van der Waals surface area contributed by atoms with Crippen molar-refractivity contribution < 1.29 is 19.0 Å². The number of carbonyl (C=O) groups excluding carboxylic acids is 1. The van der Waals surface area contributed by atoms with Crippen LogP contribution in [0.3, 0.4) is 0 Å². The molecule has 1 atom stereocenters. The van der Waals surface area contributed by atoms with E-state index in [0.717, 1.165) is 12.5 Å². The fourth-order valence-electron chi connectivity index (χ4n) is 2.74. The summed E-state index contributed by atoms with van der Waals surface area (Å²) in [7, 11) is 1.28. The molecule has 1 aromatic carbocycles. The minimum absolute atomic E-state index is 0.254. The lowest BCUT2D eigenvalue weighted by atomic mass is 9.97.